The molecule has 1 heterocycles. The highest BCUT2D eigenvalue weighted by Gasteiger charge is 2.32. The number of benzene rings is 1. The summed E-state index contributed by atoms with van der Waals surface area (Å²) in [4.78, 5) is 14.5. The maximum absolute atomic E-state index is 12.0. The normalized spacial score (nSPS) is 25.9. The molecule has 1 amide bonds. The zero-order valence-electron chi connectivity index (χ0n) is 15.0. The van der Waals surface area contributed by atoms with Crippen LogP contribution in [0.25, 0.3) is 0 Å². The van der Waals surface area contributed by atoms with Crippen LogP contribution in [0.5, 0.6) is 0 Å². The van der Waals surface area contributed by atoms with Crippen LogP contribution in [-0.4, -0.2) is 35.2 Å². The van der Waals surface area contributed by atoms with Gasteiger partial charge in [-0.05, 0) is 45.6 Å². The number of hydrogen-bond donors (Lipinski definition) is 1. The van der Waals surface area contributed by atoms with E-state index in [2.05, 4.69) is 48.3 Å². The Kier molecular flexibility index (Phi) is 5.69. The molecule has 3 atom stereocenters. The van der Waals surface area contributed by atoms with Crippen molar-refractivity contribution in [3.05, 3.63) is 35.9 Å². The largest absolute Gasteiger partial charge is 0.444 e. The summed E-state index contributed by atoms with van der Waals surface area (Å²) in [5.74, 6) is 0.535. The van der Waals surface area contributed by atoms with Gasteiger partial charge in [0.05, 0.1) is 0 Å². The number of likely N-dealkylation sites (tertiary alicyclic amines) is 1. The Labute approximate surface area is 140 Å². The molecule has 1 aliphatic rings. The molecule has 23 heavy (non-hydrogen) atoms. The maximum Gasteiger partial charge on any atom is 0.407 e. The van der Waals surface area contributed by atoms with Crippen molar-refractivity contribution in [2.75, 3.05) is 6.54 Å². The van der Waals surface area contributed by atoms with Crippen molar-refractivity contribution in [1.82, 2.24) is 10.2 Å². The van der Waals surface area contributed by atoms with Gasteiger partial charge in [-0.1, -0.05) is 37.3 Å². The summed E-state index contributed by atoms with van der Waals surface area (Å²) in [5, 5.41) is 3.04. The lowest BCUT2D eigenvalue weighted by Crippen LogP contribution is -2.54. The predicted molar refractivity (Wildman–Crippen MR) is 93.3 cm³/mol. The number of hydrogen-bond acceptors (Lipinski definition) is 3. The molecule has 0 spiro atoms. The Bertz CT molecular complexity index is 510. The minimum Gasteiger partial charge on any atom is -0.444 e. The second-order valence-electron chi connectivity index (χ2n) is 7.71. The summed E-state index contributed by atoms with van der Waals surface area (Å²) in [5.41, 5.74) is 0.853. The lowest BCUT2D eigenvalue weighted by atomic mass is 9.88. The number of piperidine rings is 1. The molecule has 4 heteroatoms. The van der Waals surface area contributed by atoms with Crippen LogP contribution < -0.4 is 5.32 Å². The number of ether oxygens (including phenoxy) is 1. The molecule has 2 rings (SSSR count). The summed E-state index contributed by atoms with van der Waals surface area (Å²) in [6.07, 6.45) is 0.676. The van der Waals surface area contributed by atoms with Crippen LogP contribution in [0.2, 0.25) is 0 Å². The van der Waals surface area contributed by atoms with Gasteiger partial charge in [0.2, 0.25) is 0 Å². The van der Waals surface area contributed by atoms with Crippen molar-refractivity contribution in [3.8, 4) is 0 Å². The summed E-state index contributed by atoms with van der Waals surface area (Å²) in [6, 6.07) is 11.1. The number of amides is 1. The summed E-state index contributed by atoms with van der Waals surface area (Å²) < 4.78 is 5.39. The molecule has 0 bridgehead atoms. The number of nitrogens with one attached hydrogen (secondary N) is 1. The molecular formula is C19H30N2O2. The fourth-order valence-electron chi connectivity index (χ4n) is 3.13. The van der Waals surface area contributed by atoms with Gasteiger partial charge in [0.15, 0.2) is 0 Å². The lowest BCUT2D eigenvalue weighted by Gasteiger charge is -2.42. The van der Waals surface area contributed by atoms with E-state index in [1.165, 1.54) is 5.56 Å². The first-order valence-electron chi connectivity index (χ1n) is 8.52. The van der Waals surface area contributed by atoms with Gasteiger partial charge in [0, 0.05) is 25.2 Å². The maximum atomic E-state index is 12.0. The molecule has 1 aliphatic heterocycles. The number of carbonyl (C=O) groups is 1. The van der Waals surface area contributed by atoms with E-state index in [4.69, 9.17) is 4.74 Å². The Balaban J connectivity index is 1.96. The molecule has 1 aromatic rings. The van der Waals surface area contributed by atoms with Crippen LogP contribution in [0.4, 0.5) is 4.79 Å². The molecular weight excluding hydrogens is 288 g/mol. The van der Waals surface area contributed by atoms with Crippen LogP contribution >= 0.6 is 0 Å². The second-order valence-corrected chi connectivity index (χ2v) is 7.71. The monoisotopic (exact) mass is 318 g/mol. The Morgan fingerprint density at radius 3 is 2.52 bits per heavy atom. The van der Waals surface area contributed by atoms with Gasteiger partial charge >= 0.3 is 6.09 Å². The van der Waals surface area contributed by atoms with Gasteiger partial charge in [0.25, 0.3) is 0 Å². The van der Waals surface area contributed by atoms with Crippen molar-refractivity contribution in [2.24, 2.45) is 5.92 Å². The van der Waals surface area contributed by atoms with Crippen LogP contribution in [0, 0.1) is 5.92 Å². The molecule has 0 radical (unpaired) electrons. The molecule has 1 aromatic carbocycles. The molecule has 1 N–H and O–H groups in total. The van der Waals surface area contributed by atoms with Gasteiger partial charge in [-0.25, -0.2) is 4.79 Å². The zero-order chi connectivity index (χ0) is 17.0. The Morgan fingerprint density at radius 1 is 1.26 bits per heavy atom. The van der Waals surface area contributed by atoms with Crippen LogP contribution in [0.15, 0.2) is 30.3 Å². The van der Waals surface area contributed by atoms with Crippen molar-refractivity contribution in [1.29, 1.82) is 0 Å². The number of rotatable bonds is 3. The van der Waals surface area contributed by atoms with E-state index in [1.807, 2.05) is 26.8 Å². The standard InChI is InChI=1S/C19H30N2O2/c1-14-11-17(20-18(22)23-19(3,4)5)13-21(15(14)2)12-16-9-7-6-8-10-16/h6-10,14-15,17H,11-13H2,1-5H3,(H,20,22)/t14-,15+,17-/m0/s1. The van der Waals surface area contributed by atoms with Crippen molar-refractivity contribution >= 4 is 6.09 Å². The van der Waals surface area contributed by atoms with Crippen LogP contribution in [0.1, 0.15) is 46.6 Å². The molecule has 0 unspecified atom stereocenters. The molecule has 0 aromatic heterocycles. The third-order valence-electron chi connectivity index (χ3n) is 4.46. The van der Waals surface area contributed by atoms with E-state index in [0.717, 1.165) is 19.5 Å². The first-order valence-corrected chi connectivity index (χ1v) is 8.52. The average Bonchev–Trinajstić information content (AvgIpc) is 2.43. The second kappa shape index (κ2) is 7.35. The number of alkyl carbamates (subject to hydrolysis) is 1. The molecule has 4 nitrogen and oxygen atoms in total. The fourth-order valence-corrected chi connectivity index (χ4v) is 3.13. The highest BCUT2D eigenvalue weighted by molar-refractivity contribution is 5.68. The topological polar surface area (TPSA) is 41.6 Å². The first kappa shape index (κ1) is 17.8. The van der Waals surface area contributed by atoms with Gasteiger partial charge in [0.1, 0.15) is 5.60 Å². The molecule has 0 aliphatic carbocycles. The summed E-state index contributed by atoms with van der Waals surface area (Å²) >= 11 is 0. The van der Waals surface area contributed by atoms with Crippen molar-refractivity contribution in [2.45, 2.75) is 65.3 Å². The average molecular weight is 318 g/mol. The van der Waals surface area contributed by atoms with Gasteiger partial charge < -0.3 is 10.1 Å². The molecule has 0 saturated carbocycles. The van der Waals surface area contributed by atoms with Crippen molar-refractivity contribution in [3.63, 3.8) is 0 Å². The number of nitrogens with zero attached hydrogens (tertiary/aromatic N) is 1. The van der Waals surface area contributed by atoms with Crippen LogP contribution in [-0.2, 0) is 11.3 Å². The smallest absolute Gasteiger partial charge is 0.407 e. The molecule has 1 fully saturated rings. The highest BCUT2D eigenvalue weighted by Crippen LogP contribution is 2.25. The predicted octanol–water partition coefficient (Wildman–Crippen LogP) is 3.81. The Hall–Kier alpha value is -1.55. The SMILES string of the molecule is C[C@@H]1[C@@H](C)C[C@H](NC(=O)OC(C)(C)C)CN1Cc1ccccc1. The summed E-state index contributed by atoms with van der Waals surface area (Å²) in [7, 11) is 0. The quantitative estimate of drug-likeness (QED) is 0.921. The Morgan fingerprint density at radius 2 is 1.91 bits per heavy atom. The van der Waals surface area contributed by atoms with E-state index in [0.29, 0.717) is 12.0 Å². The lowest BCUT2D eigenvalue weighted by molar-refractivity contribution is 0.0383. The number of carbonyl (C=O) groups excluding carboxylic acids is 1. The van der Waals surface area contributed by atoms with E-state index in [-0.39, 0.29) is 12.1 Å². The van der Waals surface area contributed by atoms with E-state index >= 15 is 0 Å². The third-order valence-corrected chi connectivity index (χ3v) is 4.46. The van der Waals surface area contributed by atoms with E-state index in [9.17, 15) is 4.79 Å². The van der Waals surface area contributed by atoms with Crippen LogP contribution in [0.3, 0.4) is 0 Å². The zero-order valence-corrected chi connectivity index (χ0v) is 15.0. The minimum atomic E-state index is -0.457. The summed E-state index contributed by atoms with van der Waals surface area (Å²) in [6.45, 7) is 12.0. The van der Waals surface area contributed by atoms with Crippen molar-refractivity contribution < 1.29 is 9.53 Å². The third kappa shape index (κ3) is 5.54. The molecule has 1 saturated heterocycles. The fraction of sp³-hybridized carbons (Fsp3) is 0.632. The van der Waals surface area contributed by atoms with Gasteiger partial charge in [-0.2, -0.15) is 0 Å². The van der Waals surface area contributed by atoms with Gasteiger partial charge in [-0.3, -0.25) is 4.90 Å². The highest BCUT2D eigenvalue weighted by atomic mass is 16.6. The van der Waals surface area contributed by atoms with E-state index < -0.39 is 5.60 Å². The van der Waals surface area contributed by atoms with E-state index in [1.54, 1.807) is 0 Å². The van der Waals surface area contributed by atoms with Gasteiger partial charge in [-0.15, -0.1) is 0 Å². The first-order chi connectivity index (χ1) is 10.7. The minimum absolute atomic E-state index is 0.139. The molecule has 128 valence electrons.